The van der Waals surface area contributed by atoms with Crippen LogP contribution in [0.3, 0.4) is 0 Å². The maximum atomic E-state index is 13.2. The Labute approximate surface area is 199 Å². The fourth-order valence-corrected chi connectivity index (χ4v) is 4.48. The van der Waals surface area contributed by atoms with E-state index in [4.69, 9.17) is 4.74 Å². The van der Waals surface area contributed by atoms with Crippen LogP contribution in [0.1, 0.15) is 28.4 Å². The third-order valence-electron chi connectivity index (χ3n) is 5.54. The van der Waals surface area contributed by atoms with Gasteiger partial charge in [0.25, 0.3) is 5.91 Å². The van der Waals surface area contributed by atoms with Crippen LogP contribution in [0.25, 0.3) is 0 Å². The van der Waals surface area contributed by atoms with E-state index < -0.39 is 10.0 Å². The summed E-state index contributed by atoms with van der Waals surface area (Å²) in [7, 11) is -1.60. The minimum absolute atomic E-state index is 0.139. The van der Waals surface area contributed by atoms with E-state index in [-0.39, 0.29) is 5.91 Å². The second kappa shape index (κ2) is 9.30. The van der Waals surface area contributed by atoms with Crippen molar-refractivity contribution >= 4 is 38.9 Å². The zero-order valence-corrected chi connectivity index (χ0v) is 20.4. The number of anilines is 4. The normalized spacial score (nSPS) is 13.2. The van der Waals surface area contributed by atoms with Crippen molar-refractivity contribution in [2.75, 3.05) is 41.0 Å². The van der Waals surface area contributed by atoms with Gasteiger partial charge in [0.05, 0.1) is 24.1 Å². The van der Waals surface area contributed by atoms with Gasteiger partial charge < -0.3 is 14.5 Å². The molecule has 0 aliphatic carbocycles. The molecule has 34 heavy (non-hydrogen) atoms. The highest BCUT2D eigenvalue weighted by molar-refractivity contribution is 7.92. The molecule has 2 aromatic heterocycles. The third-order valence-corrected chi connectivity index (χ3v) is 6.15. The van der Waals surface area contributed by atoms with E-state index >= 15 is 0 Å². The SMILES string of the molecule is CCN1c2ncc(CCOc3ccc(NS(C)(=O)=O)cc3C)cc2C(=O)N(C)c2cccnc21. The van der Waals surface area contributed by atoms with Gasteiger partial charge in [-0.25, -0.2) is 18.4 Å². The summed E-state index contributed by atoms with van der Waals surface area (Å²) in [6.07, 6.45) is 5.14. The Kier molecular flexibility index (Phi) is 6.43. The van der Waals surface area contributed by atoms with E-state index in [2.05, 4.69) is 14.7 Å². The summed E-state index contributed by atoms with van der Waals surface area (Å²) in [5.74, 6) is 1.82. The molecule has 0 unspecified atom stereocenters. The molecular weight excluding hydrogens is 454 g/mol. The van der Waals surface area contributed by atoms with E-state index in [0.717, 1.165) is 23.1 Å². The van der Waals surface area contributed by atoms with Crippen molar-refractivity contribution in [3.05, 3.63) is 65.5 Å². The predicted molar refractivity (Wildman–Crippen MR) is 133 cm³/mol. The Hall–Kier alpha value is -3.66. The van der Waals surface area contributed by atoms with Crippen LogP contribution in [0, 0.1) is 6.92 Å². The Morgan fingerprint density at radius 2 is 1.91 bits per heavy atom. The highest BCUT2D eigenvalue weighted by Gasteiger charge is 2.30. The molecular formula is C24H27N5O4S. The topological polar surface area (TPSA) is 105 Å². The van der Waals surface area contributed by atoms with Crippen LogP contribution in [0.15, 0.2) is 48.8 Å². The molecule has 1 N–H and O–H groups in total. The van der Waals surface area contributed by atoms with Gasteiger partial charge >= 0.3 is 0 Å². The van der Waals surface area contributed by atoms with E-state index in [1.807, 2.05) is 36.9 Å². The first kappa shape index (κ1) is 23.5. The molecule has 1 amide bonds. The maximum Gasteiger partial charge on any atom is 0.261 e. The summed E-state index contributed by atoms with van der Waals surface area (Å²) in [5, 5.41) is 0. The summed E-state index contributed by atoms with van der Waals surface area (Å²) in [6, 6.07) is 10.7. The Bertz CT molecular complexity index is 1340. The number of rotatable bonds is 7. The highest BCUT2D eigenvalue weighted by atomic mass is 32.2. The number of sulfonamides is 1. The first-order chi connectivity index (χ1) is 16.2. The number of aryl methyl sites for hydroxylation is 1. The summed E-state index contributed by atoms with van der Waals surface area (Å²) in [5.41, 5.74) is 3.44. The highest BCUT2D eigenvalue weighted by Crippen LogP contribution is 2.37. The second-order valence-corrected chi connectivity index (χ2v) is 9.87. The van der Waals surface area contributed by atoms with Crippen molar-refractivity contribution in [2.24, 2.45) is 0 Å². The number of pyridine rings is 2. The molecule has 0 saturated carbocycles. The smallest absolute Gasteiger partial charge is 0.261 e. The summed E-state index contributed by atoms with van der Waals surface area (Å²) in [6.45, 7) is 4.85. The molecule has 0 bridgehead atoms. The summed E-state index contributed by atoms with van der Waals surface area (Å²) in [4.78, 5) is 25.9. The standard InChI is InChI=1S/C24H27N5O4S/c1-5-29-22-19(24(30)28(3)20-7-6-11-25-23(20)29)14-17(15-26-22)10-12-33-21-9-8-18(13-16(21)2)27-34(4,31)32/h6-9,11,13-15,27H,5,10,12H2,1-4H3. The molecule has 0 spiro atoms. The lowest BCUT2D eigenvalue weighted by molar-refractivity contribution is 0.0994. The zero-order valence-electron chi connectivity index (χ0n) is 19.6. The van der Waals surface area contributed by atoms with Crippen molar-refractivity contribution in [3.63, 3.8) is 0 Å². The molecule has 3 heterocycles. The molecule has 4 rings (SSSR count). The largest absolute Gasteiger partial charge is 0.493 e. The Morgan fingerprint density at radius 3 is 2.62 bits per heavy atom. The van der Waals surface area contributed by atoms with Crippen molar-refractivity contribution < 1.29 is 17.9 Å². The van der Waals surface area contributed by atoms with Crippen molar-refractivity contribution in [2.45, 2.75) is 20.3 Å². The quantitative estimate of drug-likeness (QED) is 0.550. The average Bonchev–Trinajstić information content (AvgIpc) is 2.88. The lowest BCUT2D eigenvalue weighted by Crippen LogP contribution is -2.25. The molecule has 1 aliphatic rings. The van der Waals surface area contributed by atoms with Crippen molar-refractivity contribution in [1.29, 1.82) is 0 Å². The molecule has 1 aliphatic heterocycles. The number of carbonyl (C=O) groups excluding carboxylic acids is 1. The van der Waals surface area contributed by atoms with Crippen LogP contribution < -0.4 is 19.3 Å². The minimum Gasteiger partial charge on any atom is -0.493 e. The number of hydrogen-bond donors (Lipinski definition) is 1. The number of fused-ring (bicyclic) bond motifs is 2. The number of nitrogens with zero attached hydrogens (tertiary/aromatic N) is 4. The lowest BCUT2D eigenvalue weighted by Gasteiger charge is -2.22. The molecule has 0 saturated heterocycles. The molecule has 0 fully saturated rings. The first-order valence-electron chi connectivity index (χ1n) is 10.9. The fraction of sp³-hybridized carbons (Fsp3) is 0.292. The zero-order chi connectivity index (χ0) is 24.5. The molecule has 178 valence electrons. The average molecular weight is 482 g/mol. The number of nitrogens with one attached hydrogen (secondary N) is 1. The molecule has 10 heteroatoms. The van der Waals surface area contributed by atoms with Gasteiger partial charge in [0.1, 0.15) is 11.6 Å². The minimum atomic E-state index is -3.34. The van der Waals surface area contributed by atoms with Crippen LogP contribution in [0.4, 0.5) is 23.0 Å². The van der Waals surface area contributed by atoms with Gasteiger partial charge in [-0.15, -0.1) is 0 Å². The van der Waals surface area contributed by atoms with Crippen LogP contribution in [-0.4, -0.2) is 50.7 Å². The van der Waals surface area contributed by atoms with Crippen LogP contribution in [0.2, 0.25) is 0 Å². The summed E-state index contributed by atoms with van der Waals surface area (Å²) >= 11 is 0. The van der Waals surface area contributed by atoms with Gasteiger partial charge in [-0.3, -0.25) is 9.52 Å². The molecule has 1 aromatic carbocycles. The van der Waals surface area contributed by atoms with Gasteiger partial charge in [-0.05, 0) is 61.4 Å². The van der Waals surface area contributed by atoms with E-state index in [0.29, 0.717) is 48.2 Å². The monoisotopic (exact) mass is 481 g/mol. The van der Waals surface area contributed by atoms with Gasteiger partial charge in [-0.2, -0.15) is 0 Å². The number of aromatic nitrogens is 2. The molecule has 9 nitrogen and oxygen atoms in total. The van der Waals surface area contributed by atoms with Crippen molar-refractivity contribution in [3.8, 4) is 5.75 Å². The number of ether oxygens (including phenoxy) is 1. The second-order valence-electron chi connectivity index (χ2n) is 8.12. The predicted octanol–water partition coefficient (Wildman–Crippen LogP) is 3.53. The Morgan fingerprint density at radius 1 is 1.12 bits per heavy atom. The van der Waals surface area contributed by atoms with Gasteiger partial charge in [0.15, 0.2) is 5.82 Å². The fourth-order valence-electron chi connectivity index (χ4n) is 3.93. The summed E-state index contributed by atoms with van der Waals surface area (Å²) < 4.78 is 31.2. The lowest BCUT2D eigenvalue weighted by atomic mass is 10.1. The molecule has 0 radical (unpaired) electrons. The molecule has 3 aromatic rings. The van der Waals surface area contributed by atoms with Gasteiger partial charge in [0.2, 0.25) is 10.0 Å². The van der Waals surface area contributed by atoms with E-state index in [1.165, 1.54) is 0 Å². The number of carbonyl (C=O) groups is 1. The number of amides is 1. The van der Waals surface area contributed by atoms with Crippen LogP contribution in [0.5, 0.6) is 5.75 Å². The van der Waals surface area contributed by atoms with Crippen LogP contribution in [-0.2, 0) is 16.4 Å². The number of hydrogen-bond acceptors (Lipinski definition) is 7. The third kappa shape index (κ3) is 4.81. The van der Waals surface area contributed by atoms with Crippen molar-refractivity contribution in [1.82, 2.24) is 9.97 Å². The maximum absolute atomic E-state index is 13.2. The van der Waals surface area contributed by atoms with E-state index in [1.54, 1.807) is 42.5 Å². The number of benzene rings is 1. The van der Waals surface area contributed by atoms with Gasteiger partial charge in [0, 0.05) is 38.1 Å². The Balaban J connectivity index is 1.51. The van der Waals surface area contributed by atoms with Gasteiger partial charge in [-0.1, -0.05) is 0 Å². The first-order valence-corrected chi connectivity index (χ1v) is 12.8. The van der Waals surface area contributed by atoms with Crippen LogP contribution >= 0.6 is 0 Å². The molecule has 0 atom stereocenters. The van der Waals surface area contributed by atoms with E-state index in [9.17, 15) is 13.2 Å².